The normalized spacial score (nSPS) is 28.3. The Morgan fingerprint density at radius 3 is 2.66 bits per heavy atom. The van der Waals surface area contributed by atoms with Crippen molar-refractivity contribution in [3.05, 3.63) is 52.7 Å². The van der Waals surface area contributed by atoms with Crippen LogP contribution in [0.5, 0.6) is 0 Å². The maximum absolute atomic E-state index is 9.87. The Kier molecular flexibility index (Phi) is 5.02. The van der Waals surface area contributed by atoms with Gasteiger partial charge in [0.2, 0.25) is 0 Å². The van der Waals surface area contributed by atoms with Crippen LogP contribution >= 0.6 is 11.6 Å². The van der Waals surface area contributed by atoms with E-state index >= 15 is 0 Å². The van der Waals surface area contributed by atoms with Crippen molar-refractivity contribution in [1.29, 1.82) is 0 Å². The zero-order valence-electron chi connectivity index (χ0n) is 17.5. The monoisotopic (exact) mass is 456 g/mol. The molecule has 0 bridgehead atoms. The third kappa shape index (κ3) is 3.44. The van der Waals surface area contributed by atoms with Gasteiger partial charge in [-0.3, -0.25) is 0 Å². The van der Waals surface area contributed by atoms with Gasteiger partial charge in [0.15, 0.2) is 0 Å². The first-order valence-corrected chi connectivity index (χ1v) is 11.4. The average Bonchev–Trinajstić information content (AvgIpc) is 3.14. The van der Waals surface area contributed by atoms with Crippen LogP contribution in [0.1, 0.15) is 24.1 Å². The Bertz CT molecular complexity index is 1140. The van der Waals surface area contributed by atoms with Crippen molar-refractivity contribution >= 4 is 22.6 Å². The molecule has 7 nitrogen and oxygen atoms in total. The van der Waals surface area contributed by atoms with Crippen molar-refractivity contribution in [1.82, 2.24) is 9.97 Å². The van der Waals surface area contributed by atoms with Gasteiger partial charge in [-0.25, -0.2) is 4.98 Å². The molecule has 0 unspecified atom stereocenters. The van der Waals surface area contributed by atoms with Crippen LogP contribution in [-0.4, -0.2) is 64.4 Å². The molecule has 0 radical (unpaired) electrons. The zero-order valence-corrected chi connectivity index (χ0v) is 18.2. The van der Waals surface area contributed by atoms with E-state index in [1.54, 1.807) is 0 Å². The van der Waals surface area contributed by atoms with Crippen LogP contribution in [0.25, 0.3) is 22.3 Å². The molecule has 4 atom stereocenters. The minimum Gasteiger partial charge on any atom is -0.395 e. The molecule has 3 aliphatic rings. The van der Waals surface area contributed by atoms with Gasteiger partial charge in [-0.05, 0) is 30.5 Å². The Hall–Kier alpha value is -2.00. The maximum Gasteiger partial charge on any atom is 0.115 e. The van der Waals surface area contributed by atoms with Crippen molar-refractivity contribution in [3.8, 4) is 11.3 Å². The molecule has 1 aliphatic carbocycles. The first-order valence-electron chi connectivity index (χ1n) is 11.0. The summed E-state index contributed by atoms with van der Waals surface area (Å²) in [5.74, 6) is 0. The number of halogens is 1. The molecule has 0 amide bonds. The average molecular weight is 457 g/mol. The summed E-state index contributed by atoms with van der Waals surface area (Å²) in [6, 6.07) is 12.0. The fourth-order valence-electron chi connectivity index (χ4n) is 4.82. The SMILES string of the molecule is OCC1(c2ccc(-c3nc4cc(CO[C@@H]5CO[C@H]6[C@@H]5OC[C@H]6O)[nH]c4cc3Cl)cc2)CC1. The fraction of sp³-hybridized carbons (Fsp3) is 0.458. The molecule has 168 valence electrons. The Morgan fingerprint density at radius 2 is 1.91 bits per heavy atom. The van der Waals surface area contributed by atoms with Gasteiger partial charge >= 0.3 is 0 Å². The summed E-state index contributed by atoms with van der Waals surface area (Å²) in [6.07, 6.45) is 0.745. The molecule has 1 aromatic carbocycles. The largest absolute Gasteiger partial charge is 0.395 e. The van der Waals surface area contributed by atoms with Crippen LogP contribution in [0.4, 0.5) is 0 Å². The molecular weight excluding hydrogens is 432 g/mol. The molecule has 3 N–H and O–H groups in total. The number of ether oxygens (including phenoxy) is 3. The van der Waals surface area contributed by atoms with E-state index in [1.165, 1.54) is 5.56 Å². The third-order valence-electron chi connectivity index (χ3n) is 6.97. The number of hydrogen-bond donors (Lipinski definition) is 3. The van der Waals surface area contributed by atoms with Crippen molar-refractivity contribution in [3.63, 3.8) is 0 Å². The zero-order chi connectivity index (χ0) is 21.9. The number of benzene rings is 1. The van der Waals surface area contributed by atoms with Gasteiger partial charge in [0, 0.05) is 16.7 Å². The van der Waals surface area contributed by atoms with Crippen LogP contribution < -0.4 is 0 Å². The molecule has 0 spiro atoms. The van der Waals surface area contributed by atoms with Crippen LogP contribution in [0.3, 0.4) is 0 Å². The second kappa shape index (κ2) is 7.80. The van der Waals surface area contributed by atoms with Crippen molar-refractivity contribution in [2.45, 2.75) is 49.3 Å². The van der Waals surface area contributed by atoms with E-state index in [0.717, 1.165) is 40.8 Å². The molecule has 3 fully saturated rings. The van der Waals surface area contributed by atoms with Gasteiger partial charge < -0.3 is 29.4 Å². The summed E-state index contributed by atoms with van der Waals surface area (Å²) in [5.41, 5.74) is 5.33. The van der Waals surface area contributed by atoms with Crippen LogP contribution in [-0.2, 0) is 26.2 Å². The predicted octanol–water partition coefficient (Wildman–Crippen LogP) is 2.95. The van der Waals surface area contributed by atoms with E-state index in [9.17, 15) is 10.2 Å². The molecule has 1 saturated carbocycles. The molecule has 6 rings (SSSR count). The quantitative estimate of drug-likeness (QED) is 0.527. The van der Waals surface area contributed by atoms with E-state index in [2.05, 4.69) is 17.1 Å². The smallest absolute Gasteiger partial charge is 0.115 e. The summed E-state index contributed by atoms with van der Waals surface area (Å²) in [4.78, 5) is 8.11. The lowest BCUT2D eigenvalue weighted by Gasteiger charge is -2.16. The minimum absolute atomic E-state index is 0.0543. The lowest BCUT2D eigenvalue weighted by atomic mass is 9.95. The number of aromatic nitrogens is 2. The van der Waals surface area contributed by atoms with Gasteiger partial charge in [0.05, 0.1) is 48.2 Å². The van der Waals surface area contributed by atoms with E-state index in [4.69, 9.17) is 30.8 Å². The molecule has 32 heavy (non-hydrogen) atoms. The summed E-state index contributed by atoms with van der Waals surface area (Å²) in [7, 11) is 0. The highest BCUT2D eigenvalue weighted by Crippen LogP contribution is 2.48. The number of rotatable bonds is 6. The van der Waals surface area contributed by atoms with Gasteiger partial charge in [-0.2, -0.15) is 0 Å². The van der Waals surface area contributed by atoms with E-state index in [-0.39, 0.29) is 36.9 Å². The van der Waals surface area contributed by atoms with Crippen molar-refractivity contribution in [2.75, 3.05) is 19.8 Å². The first-order chi connectivity index (χ1) is 15.6. The maximum atomic E-state index is 9.87. The molecule has 2 saturated heterocycles. The number of aliphatic hydroxyl groups excluding tert-OH is 2. The van der Waals surface area contributed by atoms with E-state index in [0.29, 0.717) is 18.2 Å². The van der Waals surface area contributed by atoms with Crippen LogP contribution in [0.15, 0.2) is 36.4 Å². The number of pyridine rings is 1. The highest BCUT2D eigenvalue weighted by molar-refractivity contribution is 6.33. The molecule has 4 heterocycles. The number of aromatic amines is 1. The number of hydrogen-bond acceptors (Lipinski definition) is 6. The summed E-state index contributed by atoms with van der Waals surface area (Å²) >= 11 is 6.56. The Morgan fingerprint density at radius 1 is 1.12 bits per heavy atom. The summed E-state index contributed by atoms with van der Waals surface area (Å²) < 4.78 is 17.2. The number of aliphatic hydroxyl groups is 2. The van der Waals surface area contributed by atoms with Gasteiger partial charge in [-0.15, -0.1) is 0 Å². The van der Waals surface area contributed by atoms with Gasteiger partial charge in [0.25, 0.3) is 0 Å². The fourth-order valence-corrected chi connectivity index (χ4v) is 5.08. The molecular formula is C24H25ClN2O5. The molecule has 8 heteroatoms. The lowest BCUT2D eigenvalue weighted by Crippen LogP contribution is -2.32. The van der Waals surface area contributed by atoms with Gasteiger partial charge in [0.1, 0.15) is 24.4 Å². The number of nitrogens with one attached hydrogen (secondary N) is 1. The predicted molar refractivity (Wildman–Crippen MR) is 119 cm³/mol. The Labute approximate surface area is 190 Å². The van der Waals surface area contributed by atoms with Gasteiger partial charge in [-0.1, -0.05) is 35.9 Å². The molecule has 2 aromatic heterocycles. The van der Waals surface area contributed by atoms with Crippen LogP contribution in [0.2, 0.25) is 5.02 Å². The summed E-state index contributed by atoms with van der Waals surface area (Å²) in [5, 5.41) is 20.1. The number of nitrogens with zero attached hydrogens (tertiary/aromatic N) is 1. The number of H-pyrrole nitrogens is 1. The van der Waals surface area contributed by atoms with Crippen molar-refractivity contribution < 1.29 is 24.4 Å². The van der Waals surface area contributed by atoms with E-state index < -0.39 is 6.10 Å². The first kappa shape index (κ1) is 20.6. The second-order valence-corrected chi connectivity index (χ2v) is 9.48. The topological polar surface area (TPSA) is 96.8 Å². The number of fused-ring (bicyclic) bond motifs is 2. The minimum atomic E-state index is -0.584. The standard InChI is InChI=1S/C24H25ClN2O5/c25-16-8-18-17(27-21(16)13-1-3-14(4-2-13)24(12-28)5-6-24)7-15(26-18)9-30-20-11-32-22-19(29)10-31-23(20)22/h1-4,7-8,19-20,22-23,26,28-29H,5-6,9-12H2/t19-,20-,22-,23-/m1/s1. The lowest BCUT2D eigenvalue weighted by molar-refractivity contribution is -0.0446. The highest BCUT2D eigenvalue weighted by atomic mass is 35.5. The second-order valence-electron chi connectivity index (χ2n) is 9.07. The van der Waals surface area contributed by atoms with Crippen molar-refractivity contribution in [2.24, 2.45) is 0 Å². The molecule has 3 aromatic rings. The summed E-state index contributed by atoms with van der Waals surface area (Å²) in [6.45, 7) is 1.24. The molecule has 2 aliphatic heterocycles. The Balaban J connectivity index is 1.20. The van der Waals surface area contributed by atoms with Crippen LogP contribution in [0, 0.1) is 0 Å². The third-order valence-corrected chi connectivity index (χ3v) is 7.26. The highest BCUT2D eigenvalue weighted by Gasteiger charge is 2.47. The van der Waals surface area contributed by atoms with E-state index in [1.807, 2.05) is 24.3 Å².